The number of hydrogen-bond donors (Lipinski definition) is 2. The van der Waals surface area contributed by atoms with Crippen LogP contribution in [0.3, 0.4) is 0 Å². The van der Waals surface area contributed by atoms with Crippen molar-refractivity contribution < 1.29 is 9.53 Å². The quantitative estimate of drug-likeness (QED) is 0.891. The van der Waals surface area contributed by atoms with Crippen LogP contribution in [0.1, 0.15) is 46.1 Å². The minimum absolute atomic E-state index is 0.181. The number of anilines is 1. The molecule has 4 nitrogen and oxygen atoms in total. The van der Waals surface area contributed by atoms with E-state index < -0.39 is 11.7 Å². The fraction of sp³-hybridized carbons (Fsp3) is 0.588. The smallest absolute Gasteiger partial charge is 0.412 e. The van der Waals surface area contributed by atoms with Gasteiger partial charge in [0.15, 0.2) is 0 Å². The van der Waals surface area contributed by atoms with Crippen LogP contribution < -0.4 is 11.1 Å². The normalized spacial score (nSPS) is 23.5. The van der Waals surface area contributed by atoms with E-state index in [9.17, 15) is 4.79 Å². The maximum Gasteiger partial charge on any atom is 0.412 e. The van der Waals surface area contributed by atoms with Crippen LogP contribution in [0.2, 0.25) is 0 Å². The van der Waals surface area contributed by atoms with Crippen LogP contribution >= 0.6 is 0 Å². The number of nitrogens with two attached hydrogens (primary N) is 1. The van der Waals surface area contributed by atoms with Gasteiger partial charge in [0.25, 0.3) is 0 Å². The van der Waals surface area contributed by atoms with Gasteiger partial charge in [-0.1, -0.05) is 32.0 Å². The van der Waals surface area contributed by atoms with E-state index in [2.05, 4.69) is 25.2 Å². The minimum Gasteiger partial charge on any atom is -0.444 e. The number of amides is 1. The largest absolute Gasteiger partial charge is 0.444 e. The monoisotopic (exact) mass is 290 g/mol. The van der Waals surface area contributed by atoms with Crippen molar-refractivity contribution in [2.45, 2.75) is 46.1 Å². The lowest BCUT2D eigenvalue weighted by Crippen LogP contribution is -2.27. The van der Waals surface area contributed by atoms with Gasteiger partial charge >= 0.3 is 6.09 Å². The number of benzene rings is 1. The van der Waals surface area contributed by atoms with Gasteiger partial charge in [0, 0.05) is 5.69 Å². The van der Waals surface area contributed by atoms with Crippen LogP contribution in [0.25, 0.3) is 0 Å². The highest BCUT2D eigenvalue weighted by Gasteiger charge is 2.57. The van der Waals surface area contributed by atoms with E-state index in [4.69, 9.17) is 10.5 Å². The molecule has 3 N–H and O–H groups in total. The van der Waals surface area contributed by atoms with Gasteiger partial charge in [-0.3, -0.25) is 5.32 Å². The van der Waals surface area contributed by atoms with Crippen molar-refractivity contribution in [3.63, 3.8) is 0 Å². The van der Waals surface area contributed by atoms with Crippen LogP contribution in [-0.2, 0) is 4.74 Å². The molecule has 1 amide bonds. The lowest BCUT2D eigenvalue weighted by atomic mass is 10.0. The number of hydrogen-bond acceptors (Lipinski definition) is 3. The van der Waals surface area contributed by atoms with Crippen molar-refractivity contribution in [3.05, 3.63) is 29.8 Å². The average Bonchev–Trinajstić information content (AvgIpc) is 2.89. The van der Waals surface area contributed by atoms with Crippen molar-refractivity contribution in [3.8, 4) is 0 Å². The van der Waals surface area contributed by atoms with E-state index in [0.717, 1.165) is 11.3 Å². The molecule has 0 saturated heterocycles. The van der Waals surface area contributed by atoms with Gasteiger partial charge in [-0.25, -0.2) is 4.79 Å². The molecule has 1 aliphatic carbocycles. The minimum atomic E-state index is -0.502. The SMILES string of the molecule is CC(C)(C)OC(=O)Nc1ccccc1[C@@H]1[C@@H](CN)C1(C)C. The molecular formula is C17H26N2O2. The molecule has 0 radical (unpaired) electrons. The molecule has 0 spiro atoms. The van der Waals surface area contributed by atoms with Gasteiger partial charge in [-0.15, -0.1) is 0 Å². The Balaban J connectivity index is 2.17. The lowest BCUT2D eigenvalue weighted by molar-refractivity contribution is 0.0636. The average molecular weight is 290 g/mol. The molecular weight excluding hydrogens is 264 g/mol. The van der Waals surface area contributed by atoms with Gasteiger partial charge in [-0.2, -0.15) is 0 Å². The number of carbonyl (C=O) groups excluding carboxylic acids is 1. The maximum atomic E-state index is 12.0. The number of nitrogens with one attached hydrogen (secondary N) is 1. The number of rotatable bonds is 3. The Morgan fingerprint density at radius 1 is 1.33 bits per heavy atom. The van der Waals surface area contributed by atoms with Crippen LogP contribution in [0, 0.1) is 11.3 Å². The maximum absolute atomic E-state index is 12.0. The Morgan fingerprint density at radius 3 is 2.48 bits per heavy atom. The topological polar surface area (TPSA) is 64.3 Å². The Kier molecular flexibility index (Phi) is 4.02. The van der Waals surface area contributed by atoms with Crippen molar-refractivity contribution in [2.75, 3.05) is 11.9 Å². The van der Waals surface area contributed by atoms with Crippen LogP contribution in [0.4, 0.5) is 10.5 Å². The standard InChI is InChI=1S/C17H26N2O2/c1-16(2,3)21-15(20)19-13-9-7-6-8-11(13)14-12(10-18)17(14,4)5/h6-9,12,14H,10,18H2,1-5H3,(H,19,20)/t12-,14-/m1/s1. The second-order valence-corrected chi connectivity index (χ2v) is 7.36. The molecule has 0 bridgehead atoms. The number of para-hydroxylation sites is 1. The summed E-state index contributed by atoms with van der Waals surface area (Å²) in [4.78, 5) is 12.0. The Bertz CT molecular complexity index is 532. The van der Waals surface area contributed by atoms with Crippen molar-refractivity contribution in [1.29, 1.82) is 0 Å². The van der Waals surface area contributed by atoms with Gasteiger partial charge in [-0.05, 0) is 56.2 Å². The van der Waals surface area contributed by atoms with Gasteiger partial charge in [0.1, 0.15) is 5.60 Å². The Hall–Kier alpha value is -1.55. The summed E-state index contributed by atoms with van der Waals surface area (Å²) < 4.78 is 5.33. The van der Waals surface area contributed by atoms with Crippen LogP contribution in [-0.4, -0.2) is 18.2 Å². The second kappa shape index (κ2) is 5.34. The summed E-state index contributed by atoms with van der Waals surface area (Å²) in [6.45, 7) is 10.7. The van der Waals surface area contributed by atoms with Gasteiger partial charge in [0.2, 0.25) is 0 Å². The third-order valence-corrected chi connectivity index (χ3v) is 4.24. The Morgan fingerprint density at radius 2 is 1.95 bits per heavy atom. The predicted octanol–water partition coefficient (Wildman–Crippen LogP) is 3.73. The van der Waals surface area contributed by atoms with Crippen LogP contribution in [0.5, 0.6) is 0 Å². The number of ether oxygens (including phenoxy) is 1. The first kappa shape index (κ1) is 15.8. The first-order chi connectivity index (χ1) is 9.66. The van der Waals surface area contributed by atoms with Gasteiger partial charge in [0.05, 0.1) is 0 Å². The van der Waals surface area contributed by atoms with E-state index in [1.54, 1.807) is 0 Å². The first-order valence-corrected chi connectivity index (χ1v) is 7.46. The first-order valence-electron chi connectivity index (χ1n) is 7.46. The summed E-state index contributed by atoms with van der Waals surface area (Å²) in [6.07, 6.45) is -0.419. The highest BCUT2D eigenvalue weighted by Crippen LogP contribution is 2.64. The fourth-order valence-corrected chi connectivity index (χ4v) is 3.10. The second-order valence-electron chi connectivity index (χ2n) is 7.36. The van der Waals surface area contributed by atoms with E-state index >= 15 is 0 Å². The summed E-state index contributed by atoms with van der Waals surface area (Å²) in [5.74, 6) is 0.840. The Labute approximate surface area is 127 Å². The summed E-state index contributed by atoms with van der Waals surface area (Å²) in [5, 5.41) is 2.87. The molecule has 1 aliphatic rings. The third kappa shape index (κ3) is 3.38. The predicted molar refractivity (Wildman–Crippen MR) is 85.4 cm³/mol. The fourth-order valence-electron chi connectivity index (χ4n) is 3.10. The molecule has 116 valence electrons. The molecule has 1 fully saturated rings. The molecule has 1 aromatic carbocycles. The molecule has 0 aliphatic heterocycles. The molecule has 0 aromatic heterocycles. The molecule has 1 aromatic rings. The lowest BCUT2D eigenvalue weighted by Gasteiger charge is -2.20. The van der Waals surface area contributed by atoms with Crippen LogP contribution in [0.15, 0.2) is 24.3 Å². The van der Waals surface area contributed by atoms with Crippen molar-refractivity contribution >= 4 is 11.8 Å². The molecule has 1 saturated carbocycles. The zero-order valence-electron chi connectivity index (χ0n) is 13.6. The number of carbonyl (C=O) groups is 1. The molecule has 0 unspecified atom stereocenters. The highest BCUT2D eigenvalue weighted by atomic mass is 16.6. The molecule has 0 heterocycles. The van der Waals surface area contributed by atoms with Crippen molar-refractivity contribution in [2.24, 2.45) is 17.1 Å². The molecule has 2 rings (SSSR count). The third-order valence-electron chi connectivity index (χ3n) is 4.24. The molecule has 4 heteroatoms. The summed E-state index contributed by atoms with van der Waals surface area (Å²) >= 11 is 0. The van der Waals surface area contributed by atoms with E-state index in [1.807, 2.05) is 39.0 Å². The van der Waals surface area contributed by atoms with Gasteiger partial charge < -0.3 is 10.5 Å². The summed E-state index contributed by atoms with van der Waals surface area (Å²) in [5.41, 5.74) is 7.50. The van der Waals surface area contributed by atoms with E-state index in [0.29, 0.717) is 18.4 Å². The highest BCUT2D eigenvalue weighted by molar-refractivity contribution is 5.86. The zero-order valence-corrected chi connectivity index (χ0v) is 13.6. The summed E-state index contributed by atoms with van der Waals surface area (Å²) in [6, 6.07) is 7.90. The zero-order chi connectivity index (χ0) is 15.8. The van der Waals surface area contributed by atoms with E-state index in [-0.39, 0.29) is 5.41 Å². The summed E-state index contributed by atoms with van der Waals surface area (Å²) in [7, 11) is 0. The molecule has 2 atom stereocenters. The van der Waals surface area contributed by atoms with E-state index in [1.165, 1.54) is 0 Å². The molecule has 21 heavy (non-hydrogen) atoms. The van der Waals surface area contributed by atoms with Crippen molar-refractivity contribution in [1.82, 2.24) is 0 Å².